The van der Waals surface area contributed by atoms with Gasteiger partial charge in [0.15, 0.2) is 0 Å². The van der Waals surface area contributed by atoms with Crippen LogP contribution in [0, 0.1) is 16.7 Å². The molecule has 164 valence electrons. The second kappa shape index (κ2) is 8.95. The summed E-state index contributed by atoms with van der Waals surface area (Å²) in [7, 11) is 0. The summed E-state index contributed by atoms with van der Waals surface area (Å²) in [5, 5.41) is 6.53. The molecule has 1 fully saturated rings. The predicted octanol–water partition coefficient (Wildman–Crippen LogP) is 5.57. The molecule has 2 unspecified atom stereocenters. The molecule has 0 heterocycles. The highest BCUT2D eigenvalue weighted by Gasteiger charge is 2.42. The SMILES string of the molecule is CC1(NC(=O)C(Br)C(C)(C)C)CCC(C(C)(C)NC(=O)C(Br)C(C)(C)C)CC1. The third kappa shape index (κ3) is 7.00. The molecule has 1 saturated carbocycles. The fourth-order valence-electron chi connectivity index (χ4n) is 3.73. The molecule has 6 heteroatoms. The monoisotopic (exact) mass is 522 g/mol. The molecule has 28 heavy (non-hydrogen) atoms. The fourth-order valence-corrected chi connectivity index (χ4v) is 3.96. The van der Waals surface area contributed by atoms with Crippen LogP contribution in [0.1, 0.15) is 88.0 Å². The Morgan fingerprint density at radius 2 is 1.25 bits per heavy atom. The van der Waals surface area contributed by atoms with Crippen molar-refractivity contribution in [1.82, 2.24) is 10.6 Å². The average Bonchev–Trinajstić information content (AvgIpc) is 2.51. The zero-order valence-electron chi connectivity index (χ0n) is 19.1. The van der Waals surface area contributed by atoms with E-state index >= 15 is 0 Å². The van der Waals surface area contributed by atoms with Crippen LogP contribution in [0.4, 0.5) is 0 Å². The van der Waals surface area contributed by atoms with Crippen LogP contribution in [0.2, 0.25) is 0 Å². The zero-order valence-corrected chi connectivity index (χ0v) is 22.3. The summed E-state index contributed by atoms with van der Waals surface area (Å²) < 4.78 is 0. The number of rotatable bonds is 5. The Kier molecular flexibility index (Phi) is 8.29. The van der Waals surface area contributed by atoms with Crippen molar-refractivity contribution in [3.63, 3.8) is 0 Å². The lowest BCUT2D eigenvalue weighted by atomic mass is 9.70. The number of amides is 2. The number of alkyl halides is 2. The quantitative estimate of drug-likeness (QED) is 0.463. The van der Waals surface area contributed by atoms with Crippen molar-refractivity contribution in [3.05, 3.63) is 0 Å². The van der Waals surface area contributed by atoms with E-state index in [0.29, 0.717) is 5.92 Å². The maximum Gasteiger partial charge on any atom is 0.234 e. The van der Waals surface area contributed by atoms with Gasteiger partial charge in [-0.05, 0) is 63.2 Å². The minimum Gasteiger partial charge on any atom is -0.350 e. The van der Waals surface area contributed by atoms with Crippen LogP contribution >= 0.6 is 31.9 Å². The molecule has 0 aromatic heterocycles. The summed E-state index contributed by atoms with van der Waals surface area (Å²) in [6.07, 6.45) is 3.80. The van der Waals surface area contributed by atoms with Crippen LogP contribution in [-0.4, -0.2) is 32.5 Å². The molecule has 2 amide bonds. The maximum atomic E-state index is 12.7. The van der Waals surface area contributed by atoms with Crippen LogP contribution in [0.5, 0.6) is 0 Å². The fraction of sp³-hybridized carbons (Fsp3) is 0.909. The molecule has 2 N–H and O–H groups in total. The number of halogens is 2. The minimum absolute atomic E-state index is 0.0476. The number of nitrogens with one attached hydrogen (secondary N) is 2. The van der Waals surface area contributed by atoms with Gasteiger partial charge in [-0.2, -0.15) is 0 Å². The van der Waals surface area contributed by atoms with Crippen LogP contribution in [0.15, 0.2) is 0 Å². The van der Waals surface area contributed by atoms with Crippen molar-refractivity contribution in [1.29, 1.82) is 0 Å². The Bertz CT molecular complexity index is 568. The van der Waals surface area contributed by atoms with E-state index in [1.54, 1.807) is 0 Å². The van der Waals surface area contributed by atoms with Gasteiger partial charge >= 0.3 is 0 Å². The van der Waals surface area contributed by atoms with Gasteiger partial charge in [-0.15, -0.1) is 0 Å². The summed E-state index contributed by atoms with van der Waals surface area (Å²) in [6.45, 7) is 18.7. The van der Waals surface area contributed by atoms with E-state index in [-0.39, 0.29) is 43.4 Å². The van der Waals surface area contributed by atoms with Crippen molar-refractivity contribution < 1.29 is 9.59 Å². The summed E-state index contributed by atoms with van der Waals surface area (Å²) in [4.78, 5) is 24.9. The second-order valence-corrected chi connectivity index (χ2v) is 13.3. The molecular weight excluding hydrogens is 484 g/mol. The Balaban J connectivity index is 2.69. The van der Waals surface area contributed by atoms with E-state index in [1.807, 2.05) is 0 Å². The first-order valence-electron chi connectivity index (χ1n) is 10.3. The Hall–Kier alpha value is -0.100. The number of carbonyl (C=O) groups excluding carboxylic acids is 2. The maximum absolute atomic E-state index is 12.7. The highest BCUT2D eigenvalue weighted by atomic mass is 79.9. The molecule has 0 bridgehead atoms. The molecule has 0 spiro atoms. The van der Waals surface area contributed by atoms with Gasteiger partial charge in [0.05, 0.1) is 9.65 Å². The standard InChI is InChI=1S/C22H40Br2N2O2/c1-19(2,3)15(23)17(27)25-21(7,8)14-10-12-22(9,13-11-14)26-18(28)16(24)20(4,5)6/h14-16H,10-13H2,1-9H3,(H,25,27)(H,26,28). The van der Waals surface area contributed by atoms with Gasteiger partial charge in [-0.1, -0.05) is 73.4 Å². The lowest BCUT2D eigenvalue weighted by molar-refractivity contribution is -0.124. The van der Waals surface area contributed by atoms with Crippen molar-refractivity contribution in [2.24, 2.45) is 16.7 Å². The average molecular weight is 524 g/mol. The molecule has 0 aromatic rings. The van der Waals surface area contributed by atoms with Gasteiger partial charge in [-0.3, -0.25) is 9.59 Å². The first-order chi connectivity index (χ1) is 12.4. The smallest absolute Gasteiger partial charge is 0.234 e. The third-order valence-electron chi connectivity index (χ3n) is 5.96. The van der Waals surface area contributed by atoms with Crippen LogP contribution in [0.3, 0.4) is 0 Å². The molecule has 1 aliphatic rings. The molecule has 2 atom stereocenters. The minimum atomic E-state index is -0.275. The zero-order chi connectivity index (χ0) is 22.1. The first-order valence-corrected chi connectivity index (χ1v) is 12.1. The molecule has 4 nitrogen and oxygen atoms in total. The highest BCUT2D eigenvalue weighted by molar-refractivity contribution is 9.10. The molecule has 1 rings (SSSR count). The second-order valence-electron chi connectivity index (χ2n) is 11.5. The van der Waals surface area contributed by atoms with Gasteiger partial charge < -0.3 is 10.6 Å². The van der Waals surface area contributed by atoms with Gasteiger partial charge in [0, 0.05) is 11.1 Å². The van der Waals surface area contributed by atoms with E-state index < -0.39 is 0 Å². The lowest BCUT2D eigenvalue weighted by Gasteiger charge is -2.45. The van der Waals surface area contributed by atoms with Gasteiger partial charge in [0.1, 0.15) is 0 Å². The van der Waals surface area contributed by atoms with E-state index in [1.165, 1.54) is 0 Å². The predicted molar refractivity (Wildman–Crippen MR) is 125 cm³/mol. The normalized spacial score (nSPS) is 26.3. The van der Waals surface area contributed by atoms with Crippen LogP contribution in [0.25, 0.3) is 0 Å². The van der Waals surface area contributed by atoms with Crippen molar-refractivity contribution >= 4 is 43.7 Å². The third-order valence-corrected chi connectivity index (χ3v) is 9.54. The topological polar surface area (TPSA) is 58.2 Å². The molecule has 0 radical (unpaired) electrons. The van der Waals surface area contributed by atoms with Crippen LogP contribution in [-0.2, 0) is 9.59 Å². The molecule has 0 saturated heterocycles. The van der Waals surface area contributed by atoms with Crippen molar-refractivity contribution in [2.45, 2.75) is 109 Å². The summed E-state index contributed by atoms with van der Waals surface area (Å²) in [6, 6.07) is 0. The summed E-state index contributed by atoms with van der Waals surface area (Å²) in [5.41, 5.74) is -0.713. The van der Waals surface area contributed by atoms with Crippen molar-refractivity contribution in [3.8, 4) is 0 Å². The Morgan fingerprint density at radius 1 is 0.857 bits per heavy atom. The molecule has 1 aliphatic carbocycles. The van der Waals surface area contributed by atoms with Crippen molar-refractivity contribution in [2.75, 3.05) is 0 Å². The highest BCUT2D eigenvalue weighted by Crippen LogP contribution is 2.39. The van der Waals surface area contributed by atoms with Crippen LogP contribution < -0.4 is 10.6 Å². The van der Waals surface area contributed by atoms with E-state index in [0.717, 1.165) is 25.7 Å². The number of carbonyl (C=O) groups is 2. The molecule has 0 aromatic carbocycles. The van der Waals surface area contributed by atoms with Gasteiger partial charge in [0.2, 0.25) is 11.8 Å². The Labute approximate surface area is 189 Å². The summed E-state index contributed by atoms with van der Waals surface area (Å²) >= 11 is 7.10. The van der Waals surface area contributed by atoms with Gasteiger partial charge in [0.25, 0.3) is 0 Å². The number of hydrogen-bond acceptors (Lipinski definition) is 2. The van der Waals surface area contributed by atoms with Gasteiger partial charge in [-0.25, -0.2) is 0 Å². The Morgan fingerprint density at radius 3 is 1.64 bits per heavy atom. The van der Waals surface area contributed by atoms with E-state index in [4.69, 9.17) is 0 Å². The number of hydrogen-bond donors (Lipinski definition) is 2. The van der Waals surface area contributed by atoms with E-state index in [9.17, 15) is 9.59 Å². The molecular formula is C22H40Br2N2O2. The molecule has 0 aliphatic heterocycles. The summed E-state index contributed by atoms with van der Waals surface area (Å²) in [5.74, 6) is 0.503. The largest absolute Gasteiger partial charge is 0.350 e. The lowest BCUT2D eigenvalue weighted by Crippen LogP contribution is -2.57. The first kappa shape index (κ1) is 25.9. The van der Waals surface area contributed by atoms with E-state index in [2.05, 4.69) is 105 Å².